The number of ether oxygens (including phenoxy) is 3. The molecule has 10 heteroatoms. The van der Waals surface area contributed by atoms with Crippen molar-refractivity contribution >= 4 is 29.2 Å². The molecule has 2 aromatic carbocycles. The van der Waals surface area contributed by atoms with Crippen molar-refractivity contribution in [3.05, 3.63) is 87.7 Å². The van der Waals surface area contributed by atoms with Gasteiger partial charge in [0.25, 0.3) is 0 Å². The number of nitrogens with zero attached hydrogens (tertiary/aromatic N) is 2. The molecular weight excluding hydrogens is 561 g/mol. The smallest absolute Gasteiger partial charge is 0.387 e. The molecule has 2 fully saturated rings. The molecule has 1 saturated carbocycles. The fourth-order valence-electron chi connectivity index (χ4n) is 4.89. The lowest BCUT2D eigenvalue weighted by molar-refractivity contribution is -0.155. The Morgan fingerprint density at radius 2 is 1.77 bits per heavy atom. The van der Waals surface area contributed by atoms with Gasteiger partial charge in [-0.25, -0.2) is 0 Å². The van der Waals surface area contributed by atoms with Crippen molar-refractivity contribution in [1.82, 2.24) is 9.88 Å². The summed E-state index contributed by atoms with van der Waals surface area (Å²) >= 11 is 12.8. The van der Waals surface area contributed by atoms with Crippen molar-refractivity contribution in [3.63, 3.8) is 0 Å². The number of likely N-dealkylation sites (tertiary alicyclic amines) is 1. The van der Waals surface area contributed by atoms with E-state index in [1.54, 1.807) is 12.1 Å². The van der Waals surface area contributed by atoms with Crippen LogP contribution in [0.2, 0.25) is 10.0 Å². The monoisotopic (exact) mass is 590 g/mol. The van der Waals surface area contributed by atoms with Gasteiger partial charge in [0.1, 0.15) is 12.1 Å². The number of rotatable bonds is 12. The molecule has 6 nitrogen and oxygen atoms in total. The number of esters is 1. The summed E-state index contributed by atoms with van der Waals surface area (Å²) in [7, 11) is 0. The van der Waals surface area contributed by atoms with Crippen LogP contribution in [0, 0.1) is 5.92 Å². The zero-order valence-corrected chi connectivity index (χ0v) is 23.3. The number of pyridine rings is 1. The SMILES string of the molecule is O=C(O[C@@H](Cc1c(Cl)cncc1Cl)c1ccc(OC(F)F)c(OCC2CC2)c1)[C@@H]1CCCN1Cc1ccccc1. The highest BCUT2D eigenvalue weighted by atomic mass is 35.5. The van der Waals surface area contributed by atoms with Crippen molar-refractivity contribution in [2.45, 2.75) is 57.4 Å². The molecule has 1 aliphatic heterocycles. The third-order valence-corrected chi connectivity index (χ3v) is 7.84. The summed E-state index contributed by atoms with van der Waals surface area (Å²) in [5, 5.41) is 0.672. The van der Waals surface area contributed by atoms with E-state index in [2.05, 4.69) is 9.88 Å². The van der Waals surface area contributed by atoms with Crippen molar-refractivity contribution in [3.8, 4) is 11.5 Å². The van der Waals surface area contributed by atoms with Crippen LogP contribution in [0.1, 0.15) is 48.5 Å². The Hall–Kier alpha value is -2.94. The van der Waals surface area contributed by atoms with Gasteiger partial charge in [-0.2, -0.15) is 8.78 Å². The van der Waals surface area contributed by atoms with Gasteiger partial charge >= 0.3 is 12.6 Å². The van der Waals surface area contributed by atoms with Crippen LogP contribution in [0.3, 0.4) is 0 Å². The van der Waals surface area contributed by atoms with E-state index < -0.39 is 18.8 Å². The van der Waals surface area contributed by atoms with Gasteiger partial charge in [-0.05, 0) is 67.0 Å². The molecule has 3 aromatic rings. The number of hydrogen-bond acceptors (Lipinski definition) is 6. The lowest BCUT2D eigenvalue weighted by Crippen LogP contribution is -2.37. The Balaban J connectivity index is 1.42. The Labute approximate surface area is 242 Å². The minimum Gasteiger partial charge on any atom is -0.489 e. The summed E-state index contributed by atoms with van der Waals surface area (Å²) in [6.07, 6.45) is 5.91. The Kier molecular flexibility index (Phi) is 9.40. The van der Waals surface area contributed by atoms with Crippen molar-refractivity contribution < 1.29 is 27.8 Å². The number of hydrogen-bond donors (Lipinski definition) is 0. The second-order valence-electron chi connectivity index (χ2n) is 10.2. The number of benzene rings is 2. The number of carbonyl (C=O) groups excluding carboxylic acids is 1. The van der Waals surface area contributed by atoms with Gasteiger partial charge < -0.3 is 14.2 Å². The Morgan fingerprint density at radius 1 is 1.02 bits per heavy atom. The highest BCUT2D eigenvalue weighted by Crippen LogP contribution is 2.38. The summed E-state index contributed by atoms with van der Waals surface area (Å²) in [6.45, 7) is -1.20. The zero-order chi connectivity index (χ0) is 28.1. The third-order valence-electron chi connectivity index (χ3n) is 7.19. The molecule has 0 radical (unpaired) electrons. The van der Waals surface area contributed by atoms with Crippen LogP contribution in [0.4, 0.5) is 8.78 Å². The summed E-state index contributed by atoms with van der Waals surface area (Å²) in [5.41, 5.74) is 2.23. The molecule has 5 rings (SSSR count). The fourth-order valence-corrected chi connectivity index (χ4v) is 5.41. The number of carbonyl (C=O) groups is 1. The van der Waals surface area contributed by atoms with Crippen LogP contribution in [-0.4, -0.2) is 41.7 Å². The highest BCUT2D eigenvalue weighted by Gasteiger charge is 2.34. The van der Waals surface area contributed by atoms with Gasteiger partial charge in [-0.15, -0.1) is 0 Å². The molecular formula is C30H30Cl2F2N2O4. The Bertz CT molecular complexity index is 1290. The molecule has 40 heavy (non-hydrogen) atoms. The van der Waals surface area contributed by atoms with E-state index in [1.165, 1.54) is 18.5 Å². The second-order valence-corrected chi connectivity index (χ2v) is 11.0. The maximum Gasteiger partial charge on any atom is 0.387 e. The van der Waals surface area contributed by atoms with Crippen LogP contribution in [0.15, 0.2) is 60.9 Å². The standard InChI is InChI=1S/C30H30Cl2F2N2O4/c31-23-15-35-16-24(32)22(23)14-27(21-10-11-26(40-30(33)34)28(13-21)38-18-20-8-9-20)39-29(37)25-7-4-12-36(25)17-19-5-2-1-3-6-19/h1-3,5-6,10-11,13,15-16,20,25,27,30H,4,7-9,12,14,17-18H2/t25-,27-/m0/s1. The Morgan fingerprint density at radius 3 is 2.48 bits per heavy atom. The molecule has 0 N–H and O–H groups in total. The molecule has 1 aromatic heterocycles. The number of alkyl halides is 2. The van der Waals surface area contributed by atoms with Gasteiger partial charge in [0.15, 0.2) is 11.5 Å². The van der Waals surface area contributed by atoms with Gasteiger partial charge in [-0.1, -0.05) is 59.6 Å². The first-order chi connectivity index (χ1) is 19.4. The fraction of sp³-hybridized carbons (Fsp3) is 0.400. The number of aromatic nitrogens is 1. The maximum absolute atomic E-state index is 13.6. The topological polar surface area (TPSA) is 60.9 Å². The van der Waals surface area contributed by atoms with Crippen molar-refractivity contribution in [2.24, 2.45) is 5.92 Å². The number of halogens is 4. The molecule has 0 unspecified atom stereocenters. The van der Waals surface area contributed by atoms with Gasteiger partial charge in [-0.3, -0.25) is 14.7 Å². The first kappa shape index (κ1) is 28.6. The molecule has 1 saturated heterocycles. The molecule has 2 atom stereocenters. The van der Waals surface area contributed by atoms with Crippen LogP contribution < -0.4 is 9.47 Å². The predicted molar refractivity (Wildman–Crippen MR) is 148 cm³/mol. The average molecular weight is 591 g/mol. The molecule has 212 valence electrons. The van der Waals surface area contributed by atoms with Crippen LogP contribution in [0.5, 0.6) is 11.5 Å². The maximum atomic E-state index is 13.6. The van der Waals surface area contributed by atoms with E-state index in [4.69, 9.17) is 37.4 Å². The predicted octanol–water partition coefficient (Wildman–Crippen LogP) is 7.27. The minimum atomic E-state index is -3.00. The van der Waals surface area contributed by atoms with E-state index in [0.717, 1.165) is 31.4 Å². The quantitative estimate of drug-likeness (QED) is 0.207. The first-order valence-corrected chi connectivity index (χ1v) is 14.1. The first-order valence-electron chi connectivity index (χ1n) is 13.3. The molecule has 2 heterocycles. The minimum absolute atomic E-state index is 0.0747. The zero-order valence-electron chi connectivity index (χ0n) is 21.8. The third kappa shape index (κ3) is 7.42. The summed E-state index contributed by atoms with van der Waals surface area (Å²) < 4.78 is 42.9. The second kappa shape index (κ2) is 13.1. The van der Waals surface area contributed by atoms with Crippen LogP contribution in [0.25, 0.3) is 0 Å². The summed E-state index contributed by atoms with van der Waals surface area (Å²) in [5.74, 6) is 0.121. The van der Waals surface area contributed by atoms with E-state index in [1.807, 2.05) is 30.3 Å². The molecule has 2 aliphatic rings. The van der Waals surface area contributed by atoms with Gasteiger partial charge in [0.05, 0.1) is 16.7 Å². The van der Waals surface area contributed by atoms with Crippen molar-refractivity contribution in [1.29, 1.82) is 0 Å². The van der Waals surface area contributed by atoms with E-state index in [9.17, 15) is 13.6 Å². The molecule has 0 spiro atoms. The lowest BCUT2D eigenvalue weighted by atomic mass is 10.0. The normalized spacial score (nSPS) is 18.1. The highest BCUT2D eigenvalue weighted by molar-refractivity contribution is 6.35. The van der Waals surface area contributed by atoms with E-state index in [-0.39, 0.29) is 23.9 Å². The van der Waals surface area contributed by atoms with Crippen LogP contribution >= 0.6 is 23.2 Å². The van der Waals surface area contributed by atoms with Crippen molar-refractivity contribution in [2.75, 3.05) is 13.2 Å². The summed E-state index contributed by atoms with van der Waals surface area (Å²) in [6, 6.07) is 14.2. The molecule has 1 aliphatic carbocycles. The van der Waals surface area contributed by atoms with Crippen LogP contribution in [-0.2, 0) is 22.5 Å². The molecule has 0 bridgehead atoms. The van der Waals surface area contributed by atoms with E-state index >= 15 is 0 Å². The van der Waals surface area contributed by atoms with E-state index in [0.29, 0.717) is 46.7 Å². The van der Waals surface area contributed by atoms with Gasteiger partial charge in [0.2, 0.25) is 0 Å². The average Bonchev–Trinajstić information content (AvgIpc) is 3.65. The lowest BCUT2D eigenvalue weighted by Gasteiger charge is -2.27. The summed E-state index contributed by atoms with van der Waals surface area (Å²) in [4.78, 5) is 19.7. The largest absolute Gasteiger partial charge is 0.489 e. The van der Waals surface area contributed by atoms with Gasteiger partial charge in [0, 0.05) is 25.4 Å². The molecule has 0 amide bonds.